The number of hydrogen-bond donors (Lipinski definition) is 3. The number of anilines is 2. The molecule has 1 unspecified atom stereocenters. The molecule has 0 bridgehead atoms. The minimum absolute atomic E-state index is 0.110. The highest BCUT2D eigenvalue weighted by Crippen LogP contribution is 2.39. The van der Waals surface area contributed by atoms with Gasteiger partial charge in [0.25, 0.3) is 5.91 Å². The predicted molar refractivity (Wildman–Crippen MR) is 110 cm³/mol. The van der Waals surface area contributed by atoms with Crippen LogP contribution in [0.3, 0.4) is 0 Å². The first-order valence-electron chi connectivity index (χ1n) is 9.03. The van der Waals surface area contributed by atoms with Gasteiger partial charge in [0.1, 0.15) is 11.7 Å². The van der Waals surface area contributed by atoms with Crippen LogP contribution >= 0.6 is 11.6 Å². The maximum absolute atomic E-state index is 13.2. The number of halogens is 1. The molecule has 2 aromatic heterocycles. The Morgan fingerprint density at radius 1 is 1.34 bits per heavy atom. The molecule has 1 amide bonds. The van der Waals surface area contributed by atoms with Crippen molar-refractivity contribution in [2.45, 2.75) is 6.04 Å². The summed E-state index contributed by atoms with van der Waals surface area (Å²) < 4.78 is 5.17. The second-order valence-corrected chi connectivity index (χ2v) is 7.03. The molecule has 1 atom stereocenters. The number of aromatic amines is 1. The maximum Gasteiger partial charge on any atom is 0.252 e. The second kappa shape index (κ2) is 7.82. The van der Waals surface area contributed by atoms with Crippen molar-refractivity contribution in [3.05, 3.63) is 52.8 Å². The molecule has 0 fully saturated rings. The highest BCUT2D eigenvalue weighted by atomic mass is 35.5. The number of aliphatic hydroxyl groups excluding tert-OH is 1. The van der Waals surface area contributed by atoms with Gasteiger partial charge in [-0.15, -0.1) is 0 Å². The van der Waals surface area contributed by atoms with Gasteiger partial charge in [0.15, 0.2) is 5.78 Å². The van der Waals surface area contributed by atoms with Crippen molar-refractivity contribution in [3.8, 4) is 0 Å². The van der Waals surface area contributed by atoms with E-state index in [1.165, 1.54) is 12.0 Å². The average Bonchev–Trinajstić information content (AvgIpc) is 3.15. The molecule has 1 aliphatic heterocycles. The van der Waals surface area contributed by atoms with Gasteiger partial charge in [-0.2, -0.15) is 0 Å². The van der Waals surface area contributed by atoms with E-state index < -0.39 is 6.04 Å². The third kappa shape index (κ3) is 3.25. The van der Waals surface area contributed by atoms with Gasteiger partial charge in [0, 0.05) is 25.4 Å². The Morgan fingerprint density at radius 2 is 2.14 bits per heavy atom. The number of aliphatic hydroxyl groups is 1. The Kier molecular flexibility index (Phi) is 5.23. The van der Waals surface area contributed by atoms with E-state index in [2.05, 4.69) is 15.3 Å². The smallest absolute Gasteiger partial charge is 0.252 e. The first-order chi connectivity index (χ1) is 14.1. The number of benzene rings is 1. The lowest BCUT2D eigenvalue weighted by Crippen LogP contribution is -2.50. The number of aromatic nitrogens is 2. The zero-order valence-electron chi connectivity index (χ0n) is 15.6. The van der Waals surface area contributed by atoms with E-state index in [-0.39, 0.29) is 31.4 Å². The van der Waals surface area contributed by atoms with Crippen LogP contribution in [0.2, 0.25) is 5.02 Å². The summed E-state index contributed by atoms with van der Waals surface area (Å²) in [6.45, 7) is 0.0445. The number of amides is 1. The van der Waals surface area contributed by atoms with Crippen LogP contribution in [0.25, 0.3) is 11.0 Å². The molecular formula is C20H19ClN4O4. The fourth-order valence-corrected chi connectivity index (χ4v) is 3.78. The van der Waals surface area contributed by atoms with E-state index in [0.717, 1.165) is 0 Å². The zero-order chi connectivity index (χ0) is 20.5. The first kappa shape index (κ1) is 19.4. The summed E-state index contributed by atoms with van der Waals surface area (Å²) in [5.41, 5.74) is 2.35. The number of methoxy groups -OCH3 is 1. The Hall–Kier alpha value is -2.94. The molecule has 0 spiro atoms. The Balaban J connectivity index is 1.90. The number of β-amino-alcohol motifs (C(OH)–C–C–N with tert-alkyl or cyclic N) is 1. The fourth-order valence-electron chi connectivity index (χ4n) is 3.56. The van der Waals surface area contributed by atoms with Crippen molar-refractivity contribution in [1.29, 1.82) is 0 Å². The SMILES string of the molecule is COCC1Nc2c(cnc3[nH]cc(C(=O)c4ccccc4Cl)c23)N(CCO)C1=O. The third-order valence-electron chi connectivity index (χ3n) is 4.87. The van der Waals surface area contributed by atoms with Gasteiger partial charge in [0.2, 0.25) is 0 Å². The third-order valence-corrected chi connectivity index (χ3v) is 5.20. The summed E-state index contributed by atoms with van der Waals surface area (Å²) in [5, 5.41) is 13.5. The standard InChI is InChI=1S/C20H19ClN4O4/c1-29-10-14-20(28)25(6-7-26)15-9-23-19-16(17(15)24-14)12(8-22-19)18(27)11-4-2-3-5-13(11)21/h2-5,8-9,14,24,26H,6-7,10H2,1H3,(H,22,23). The molecule has 3 N–H and O–H groups in total. The molecule has 0 aliphatic carbocycles. The number of nitrogens with one attached hydrogen (secondary N) is 2. The Labute approximate surface area is 171 Å². The molecule has 3 aromatic rings. The molecule has 8 nitrogen and oxygen atoms in total. The molecular weight excluding hydrogens is 396 g/mol. The van der Waals surface area contributed by atoms with Crippen molar-refractivity contribution in [2.24, 2.45) is 0 Å². The molecule has 4 rings (SSSR count). The van der Waals surface area contributed by atoms with Crippen molar-refractivity contribution in [3.63, 3.8) is 0 Å². The van der Waals surface area contributed by atoms with Crippen LogP contribution in [-0.4, -0.2) is 59.7 Å². The van der Waals surface area contributed by atoms with Crippen LogP contribution in [0.15, 0.2) is 36.7 Å². The lowest BCUT2D eigenvalue weighted by Gasteiger charge is -2.35. The van der Waals surface area contributed by atoms with Crippen LogP contribution in [0, 0.1) is 0 Å². The zero-order valence-corrected chi connectivity index (χ0v) is 16.4. The fraction of sp³-hybridized carbons (Fsp3) is 0.250. The molecule has 150 valence electrons. The van der Waals surface area contributed by atoms with Crippen LogP contribution in [-0.2, 0) is 9.53 Å². The molecule has 3 heterocycles. The molecule has 0 radical (unpaired) electrons. The van der Waals surface area contributed by atoms with Crippen LogP contribution in [0.5, 0.6) is 0 Å². The first-order valence-corrected chi connectivity index (χ1v) is 9.41. The number of carbonyl (C=O) groups is 2. The van der Waals surface area contributed by atoms with Gasteiger partial charge >= 0.3 is 0 Å². The molecule has 29 heavy (non-hydrogen) atoms. The number of rotatable bonds is 6. The van der Waals surface area contributed by atoms with Gasteiger partial charge in [0.05, 0.1) is 46.8 Å². The van der Waals surface area contributed by atoms with Crippen molar-refractivity contribution >= 4 is 45.7 Å². The molecule has 0 saturated heterocycles. The van der Waals surface area contributed by atoms with Crippen molar-refractivity contribution in [2.75, 3.05) is 37.1 Å². The molecule has 0 saturated carbocycles. The number of hydrogen-bond acceptors (Lipinski definition) is 6. The predicted octanol–water partition coefficient (Wildman–Crippen LogP) is 2.21. The Morgan fingerprint density at radius 3 is 2.86 bits per heavy atom. The summed E-state index contributed by atoms with van der Waals surface area (Å²) in [7, 11) is 1.51. The average molecular weight is 415 g/mol. The van der Waals surface area contributed by atoms with Crippen LogP contribution in [0.1, 0.15) is 15.9 Å². The monoisotopic (exact) mass is 414 g/mol. The Bertz CT molecular complexity index is 1100. The highest BCUT2D eigenvalue weighted by Gasteiger charge is 2.35. The van der Waals surface area contributed by atoms with Gasteiger partial charge in [-0.1, -0.05) is 23.7 Å². The largest absolute Gasteiger partial charge is 0.395 e. The number of H-pyrrole nitrogens is 1. The van der Waals surface area contributed by atoms with Gasteiger partial charge in [-0.3, -0.25) is 9.59 Å². The minimum Gasteiger partial charge on any atom is -0.395 e. The number of ketones is 1. The number of ether oxygens (including phenoxy) is 1. The molecule has 1 aliphatic rings. The maximum atomic E-state index is 13.2. The van der Waals surface area contributed by atoms with Crippen molar-refractivity contribution < 1.29 is 19.4 Å². The van der Waals surface area contributed by atoms with E-state index in [1.54, 1.807) is 36.7 Å². The summed E-state index contributed by atoms with van der Waals surface area (Å²) in [6, 6.07) is 6.17. The van der Waals surface area contributed by atoms with Crippen molar-refractivity contribution in [1.82, 2.24) is 9.97 Å². The van der Waals surface area contributed by atoms with E-state index in [4.69, 9.17) is 16.3 Å². The van der Waals surface area contributed by atoms with Gasteiger partial charge in [-0.25, -0.2) is 4.98 Å². The topological polar surface area (TPSA) is 108 Å². The van der Waals surface area contributed by atoms with Gasteiger partial charge < -0.3 is 25.0 Å². The second-order valence-electron chi connectivity index (χ2n) is 6.62. The van der Waals surface area contributed by atoms with E-state index in [9.17, 15) is 14.7 Å². The van der Waals surface area contributed by atoms with E-state index in [1.807, 2.05) is 0 Å². The summed E-state index contributed by atoms with van der Waals surface area (Å²) in [6.07, 6.45) is 3.13. The van der Waals surface area contributed by atoms with Gasteiger partial charge in [-0.05, 0) is 12.1 Å². The molecule has 1 aromatic carbocycles. The lowest BCUT2D eigenvalue weighted by atomic mass is 10.0. The summed E-state index contributed by atoms with van der Waals surface area (Å²) >= 11 is 6.22. The minimum atomic E-state index is -0.650. The van der Waals surface area contributed by atoms with Crippen LogP contribution in [0.4, 0.5) is 11.4 Å². The number of carbonyl (C=O) groups excluding carboxylic acids is 2. The van der Waals surface area contributed by atoms with Crippen LogP contribution < -0.4 is 10.2 Å². The molecule has 9 heteroatoms. The van der Waals surface area contributed by atoms with E-state index >= 15 is 0 Å². The number of fused-ring (bicyclic) bond motifs is 3. The normalized spacial score (nSPS) is 16.0. The number of nitrogens with zero attached hydrogens (tertiary/aromatic N) is 2. The summed E-state index contributed by atoms with van der Waals surface area (Å²) in [4.78, 5) is 34.8. The number of pyridine rings is 1. The summed E-state index contributed by atoms with van der Waals surface area (Å²) in [5.74, 6) is -0.489. The van der Waals surface area contributed by atoms with E-state index in [0.29, 0.717) is 38.6 Å². The quantitative estimate of drug-likeness (QED) is 0.534. The highest BCUT2D eigenvalue weighted by molar-refractivity contribution is 6.35. The lowest BCUT2D eigenvalue weighted by molar-refractivity contribution is -0.120.